The molecule has 1 aliphatic heterocycles. The minimum atomic E-state index is -4.63. The van der Waals surface area contributed by atoms with Crippen LogP contribution in [-0.4, -0.2) is 39.6 Å². The molecular formula is C16H14ClF4N5O. The smallest absolute Gasteiger partial charge is 0.351 e. The zero-order valence-electron chi connectivity index (χ0n) is 13.7. The number of hydrogen-bond acceptors (Lipinski definition) is 5. The highest BCUT2D eigenvalue weighted by atomic mass is 35.5. The molecule has 0 aromatic carbocycles. The van der Waals surface area contributed by atoms with Crippen LogP contribution in [0.1, 0.15) is 17.8 Å². The first-order chi connectivity index (χ1) is 12.7. The third kappa shape index (κ3) is 4.69. The van der Waals surface area contributed by atoms with E-state index in [0.29, 0.717) is 11.3 Å². The van der Waals surface area contributed by atoms with Crippen molar-refractivity contribution in [2.24, 2.45) is 0 Å². The molecule has 1 fully saturated rings. The molecule has 2 atom stereocenters. The SMILES string of the molecule is O=C(NCc1cc(-c2cnc(C(F)(F)F)nc2)ncc1Cl)[C@@H]1C[C@@H](F)CN1. The second kappa shape index (κ2) is 7.73. The Morgan fingerprint density at radius 3 is 2.56 bits per heavy atom. The van der Waals surface area contributed by atoms with Gasteiger partial charge in [0.05, 0.1) is 16.8 Å². The zero-order valence-corrected chi connectivity index (χ0v) is 14.5. The van der Waals surface area contributed by atoms with Gasteiger partial charge >= 0.3 is 6.18 Å². The van der Waals surface area contributed by atoms with E-state index in [1.807, 2.05) is 0 Å². The summed E-state index contributed by atoms with van der Waals surface area (Å²) in [6.07, 6.45) is -2.24. The molecule has 2 aromatic heterocycles. The van der Waals surface area contributed by atoms with Gasteiger partial charge in [0.15, 0.2) is 0 Å². The Bertz CT molecular complexity index is 831. The molecule has 0 spiro atoms. The molecule has 1 aliphatic rings. The van der Waals surface area contributed by atoms with E-state index in [4.69, 9.17) is 11.6 Å². The number of nitrogens with one attached hydrogen (secondary N) is 2. The highest BCUT2D eigenvalue weighted by molar-refractivity contribution is 6.31. The lowest BCUT2D eigenvalue weighted by Gasteiger charge is -2.12. The van der Waals surface area contributed by atoms with E-state index >= 15 is 0 Å². The summed E-state index contributed by atoms with van der Waals surface area (Å²) in [7, 11) is 0. The first-order valence-corrected chi connectivity index (χ1v) is 8.31. The van der Waals surface area contributed by atoms with Crippen molar-refractivity contribution in [3.05, 3.63) is 41.1 Å². The van der Waals surface area contributed by atoms with Gasteiger partial charge < -0.3 is 10.6 Å². The van der Waals surface area contributed by atoms with Crippen molar-refractivity contribution in [1.82, 2.24) is 25.6 Å². The molecule has 3 heterocycles. The van der Waals surface area contributed by atoms with Crippen LogP contribution in [0.2, 0.25) is 5.02 Å². The van der Waals surface area contributed by atoms with Crippen LogP contribution in [0.3, 0.4) is 0 Å². The molecule has 27 heavy (non-hydrogen) atoms. The van der Waals surface area contributed by atoms with Crippen molar-refractivity contribution in [1.29, 1.82) is 0 Å². The Kier molecular flexibility index (Phi) is 5.56. The Morgan fingerprint density at radius 1 is 1.26 bits per heavy atom. The standard InChI is InChI=1S/C16H14ClF4N5O/c17-11-7-23-12(9-4-25-15(26-5-9)16(19,20)21)1-8(11)3-24-14(27)13-2-10(18)6-22-13/h1,4-5,7,10,13,22H,2-3,6H2,(H,24,27)/t10-,13+/m1/s1. The monoisotopic (exact) mass is 403 g/mol. The van der Waals surface area contributed by atoms with Gasteiger partial charge in [-0.25, -0.2) is 14.4 Å². The van der Waals surface area contributed by atoms with Crippen molar-refractivity contribution in [2.75, 3.05) is 6.54 Å². The summed E-state index contributed by atoms with van der Waals surface area (Å²) in [6.45, 7) is 0.190. The van der Waals surface area contributed by atoms with Gasteiger partial charge in [-0.15, -0.1) is 0 Å². The van der Waals surface area contributed by atoms with Gasteiger partial charge in [-0.2, -0.15) is 13.2 Å². The number of carbonyl (C=O) groups is 1. The van der Waals surface area contributed by atoms with Gasteiger partial charge in [0, 0.05) is 43.7 Å². The second-order valence-electron chi connectivity index (χ2n) is 5.97. The number of amides is 1. The van der Waals surface area contributed by atoms with Gasteiger partial charge in [0.1, 0.15) is 6.17 Å². The van der Waals surface area contributed by atoms with Crippen LogP contribution in [0.25, 0.3) is 11.3 Å². The maximum atomic E-state index is 13.1. The first kappa shape index (κ1) is 19.4. The summed E-state index contributed by atoms with van der Waals surface area (Å²) in [4.78, 5) is 22.7. The fourth-order valence-electron chi connectivity index (χ4n) is 2.58. The molecule has 2 aromatic rings. The third-order valence-corrected chi connectivity index (χ3v) is 4.32. The number of rotatable bonds is 4. The minimum Gasteiger partial charge on any atom is -0.351 e. The summed E-state index contributed by atoms with van der Waals surface area (Å²) in [5, 5.41) is 5.69. The summed E-state index contributed by atoms with van der Waals surface area (Å²) >= 11 is 6.07. The molecule has 144 valence electrons. The number of halogens is 5. The third-order valence-electron chi connectivity index (χ3n) is 3.98. The topological polar surface area (TPSA) is 79.8 Å². The first-order valence-electron chi connectivity index (χ1n) is 7.93. The number of aromatic nitrogens is 3. The molecule has 3 rings (SSSR count). The van der Waals surface area contributed by atoms with Gasteiger partial charge in [0.25, 0.3) is 0 Å². The summed E-state index contributed by atoms with van der Waals surface area (Å²) in [5.74, 6) is -1.61. The number of alkyl halides is 4. The zero-order chi connectivity index (χ0) is 19.6. The largest absolute Gasteiger partial charge is 0.451 e. The normalized spacial score (nSPS) is 19.9. The minimum absolute atomic E-state index is 0.0593. The van der Waals surface area contributed by atoms with E-state index in [2.05, 4.69) is 25.6 Å². The van der Waals surface area contributed by atoms with Gasteiger partial charge in [0.2, 0.25) is 11.7 Å². The Hall–Kier alpha value is -2.33. The van der Waals surface area contributed by atoms with Crippen molar-refractivity contribution in [2.45, 2.75) is 31.4 Å². The molecule has 1 amide bonds. The van der Waals surface area contributed by atoms with Crippen LogP contribution in [0.15, 0.2) is 24.7 Å². The Balaban J connectivity index is 1.71. The quantitative estimate of drug-likeness (QED) is 0.767. The predicted molar refractivity (Wildman–Crippen MR) is 88.4 cm³/mol. The van der Waals surface area contributed by atoms with E-state index in [1.54, 1.807) is 0 Å². The summed E-state index contributed by atoms with van der Waals surface area (Å²) in [5.41, 5.74) is 1.08. The van der Waals surface area contributed by atoms with Crippen molar-refractivity contribution >= 4 is 17.5 Å². The predicted octanol–water partition coefficient (Wildman–Crippen LogP) is 2.53. The average molecular weight is 404 g/mol. The molecule has 0 bridgehead atoms. The molecule has 2 N–H and O–H groups in total. The fourth-order valence-corrected chi connectivity index (χ4v) is 2.75. The average Bonchev–Trinajstić information content (AvgIpc) is 3.07. The van der Waals surface area contributed by atoms with E-state index < -0.39 is 24.2 Å². The molecule has 11 heteroatoms. The maximum absolute atomic E-state index is 13.1. The Morgan fingerprint density at radius 2 is 1.96 bits per heavy atom. The molecule has 6 nitrogen and oxygen atoms in total. The molecule has 0 radical (unpaired) electrons. The van der Waals surface area contributed by atoms with Crippen molar-refractivity contribution in [3.63, 3.8) is 0 Å². The maximum Gasteiger partial charge on any atom is 0.451 e. The summed E-state index contributed by atoms with van der Waals surface area (Å²) in [6, 6.07) is 0.914. The number of nitrogens with zero attached hydrogens (tertiary/aromatic N) is 3. The molecule has 0 saturated carbocycles. The summed E-state index contributed by atoms with van der Waals surface area (Å²) < 4.78 is 50.8. The van der Waals surface area contributed by atoms with Crippen LogP contribution in [-0.2, 0) is 17.5 Å². The van der Waals surface area contributed by atoms with E-state index in [0.717, 1.165) is 12.4 Å². The van der Waals surface area contributed by atoms with Gasteiger partial charge in [-0.05, 0) is 11.6 Å². The number of carbonyl (C=O) groups excluding carboxylic acids is 1. The van der Waals surface area contributed by atoms with Crippen LogP contribution in [0.4, 0.5) is 17.6 Å². The lowest BCUT2D eigenvalue weighted by molar-refractivity contribution is -0.145. The lowest BCUT2D eigenvalue weighted by atomic mass is 10.1. The lowest BCUT2D eigenvalue weighted by Crippen LogP contribution is -2.40. The number of pyridine rings is 1. The van der Waals surface area contributed by atoms with Crippen LogP contribution < -0.4 is 10.6 Å². The molecule has 0 unspecified atom stereocenters. The molecule has 0 aliphatic carbocycles. The van der Waals surface area contributed by atoms with Crippen molar-refractivity contribution < 1.29 is 22.4 Å². The van der Waals surface area contributed by atoms with Gasteiger partial charge in [-0.1, -0.05) is 11.6 Å². The van der Waals surface area contributed by atoms with Gasteiger partial charge in [-0.3, -0.25) is 9.78 Å². The van der Waals surface area contributed by atoms with E-state index in [9.17, 15) is 22.4 Å². The van der Waals surface area contributed by atoms with Crippen LogP contribution in [0, 0.1) is 0 Å². The Labute approximate surface area is 156 Å². The van der Waals surface area contributed by atoms with E-state index in [1.165, 1.54) is 12.3 Å². The van der Waals surface area contributed by atoms with E-state index in [-0.39, 0.29) is 36.0 Å². The molecule has 1 saturated heterocycles. The fraction of sp³-hybridized carbons (Fsp3) is 0.375. The number of hydrogen-bond donors (Lipinski definition) is 2. The van der Waals surface area contributed by atoms with Crippen LogP contribution >= 0.6 is 11.6 Å². The van der Waals surface area contributed by atoms with Crippen molar-refractivity contribution in [3.8, 4) is 11.3 Å². The second-order valence-corrected chi connectivity index (χ2v) is 6.37. The highest BCUT2D eigenvalue weighted by Gasteiger charge is 2.34. The highest BCUT2D eigenvalue weighted by Crippen LogP contribution is 2.27. The van der Waals surface area contributed by atoms with Crippen LogP contribution in [0.5, 0.6) is 0 Å². The molecular weight excluding hydrogens is 390 g/mol.